The van der Waals surface area contributed by atoms with E-state index in [2.05, 4.69) is 22.0 Å². The molecule has 6 nitrogen and oxygen atoms in total. The van der Waals surface area contributed by atoms with E-state index in [-0.39, 0.29) is 12.3 Å². The van der Waals surface area contributed by atoms with E-state index >= 15 is 0 Å². The average molecular weight is 534 g/mol. The van der Waals surface area contributed by atoms with Gasteiger partial charge in [0.05, 0.1) is 28.1 Å². The average Bonchev–Trinajstić information content (AvgIpc) is 2.77. The van der Waals surface area contributed by atoms with Crippen molar-refractivity contribution < 1.29 is 14.4 Å². The molecule has 3 aromatic carbocycles. The maximum atomic E-state index is 10.8. The van der Waals surface area contributed by atoms with Crippen molar-refractivity contribution in [3.8, 4) is 17.6 Å². The first-order chi connectivity index (χ1) is 15.3. The monoisotopic (exact) mass is 532 g/mol. The number of rotatable bonds is 7. The summed E-state index contributed by atoms with van der Waals surface area (Å²) < 4.78 is 12.0. The molecule has 0 N–H and O–H groups in total. The second-order valence-electron chi connectivity index (χ2n) is 6.53. The summed E-state index contributed by atoms with van der Waals surface area (Å²) in [4.78, 5) is 10.4. The Balaban J connectivity index is 1.89. The van der Waals surface area contributed by atoms with Crippen LogP contribution in [0.1, 0.15) is 16.7 Å². The Hall–Kier alpha value is -3.05. The molecule has 9 heteroatoms. The molecule has 0 aliphatic heterocycles. The van der Waals surface area contributed by atoms with Gasteiger partial charge in [0, 0.05) is 27.7 Å². The molecule has 0 saturated carbocycles. The molecule has 0 heterocycles. The number of non-ortho nitro benzene ring substituents is 1. The zero-order valence-electron chi connectivity index (χ0n) is 16.6. The molecule has 0 unspecified atom stereocenters. The molecule has 162 valence electrons. The summed E-state index contributed by atoms with van der Waals surface area (Å²) in [6.45, 7) is 0.201. The Kier molecular flexibility index (Phi) is 7.75. The summed E-state index contributed by atoms with van der Waals surface area (Å²) in [6.07, 6.45) is 1.66. The predicted molar refractivity (Wildman–Crippen MR) is 128 cm³/mol. The van der Waals surface area contributed by atoms with Crippen LogP contribution in [0.15, 0.2) is 59.1 Å². The van der Waals surface area contributed by atoms with Gasteiger partial charge in [0.2, 0.25) is 0 Å². The molecular formula is C23H15BrCl2N2O4. The van der Waals surface area contributed by atoms with Gasteiger partial charge in [0.15, 0.2) is 11.5 Å². The second-order valence-corrected chi connectivity index (χ2v) is 8.23. The molecule has 0 bridgehead atoms. The molecule has 0 spiro atoms. The molecule has 0 amide bonds. The first-order valence-corrected chi connectivity index (χ1v) is 10.7. The molecule has 0 aromatic heterocycles. The molecule has 3 rings (SSSR count). The second kappa shape index (κ2) is 10.5. The predicted octanol–water partition coefficient (Wildman–Crippen LogP) is 7.32. The zero-order valence-corrected chi connectivity index (χ0v) is 19.7. The molecule has 3 aromatic rings. The third-order valence-corrected chi connectivity index (χ3v) is 5.64. The first kappa shape index (κ1) is 23.6. The maximum Gasteiger partial charge on any atom is 0.269 e. The van der Waals surface area contributed by atoms with Crippen molar-refractivity contribution in [2.75, 3.05) is 7.11 Å². The summed E-state index contributed by atoms with van der Waals surface area (Å²) in [6, 6.07) is 16.6. The minimum atomic E-state index is -0.489. The lowest BCUT2D eigenvalue weighted by atomic mass is 10.0. The topological polar surface area (TPSA) is 85.4 Å². The van der Waals surface area contributed by atoms with Crippen LogP contribution in [0.4, 0.5) is 5.69 Å². The number of nitriles is 1. The van der Waals surface area contributed by atoms with Crippen molar-refractivity contribution in [2.45, 2.75) is 6.61 Å². The summed E-state index contributed by atoms with van der Waals surface area (Å²) in [5.41, 5.74) is 2.30. The Bertz CT molecular complexity index is 1240. The van der Waals surface area contributed by atoms with Gasteiger partial charge < -0.3 is 9.47 Å². The molecule has 0 saturated heterocycles. The van der Waals surface area contributed by atoms with Gasteiger partial charge in [-0.2, -0.15) is 5.26 Å². The Morgan fingerprint density at radius 1 is 1.19 bits per heavy atom. The molecule has 0 aliphatic rings. The lowest BCUT2D eigenvalue weighted by Gasteiger charge is -2.14. The lowest BCUT2D eigenvalue weighted by Crippen LogP contribution is -2.00. The number of nitro benzene ring substituents is 1. The third kappa shape index (κ3) is 5.60. The van der Waals surface area contributed by atoms with Gasteiger partial charge in [-0.3, -0.25) is 10.1 Å². The van der Waals surface area contributed by atoms with Crippen LogP contribution in [0, 0.1) is 21.4 Å². The summed E-state index contributed by atoms with van der Waals surface area (Å²) in [5, 5.41) is 21.5. The summed E-state index contributed by atoms with van der Waals surface area (Å²) >= 11 is 15.6. The number of hydrogen-bond donors (Lipinski definition) is 0. The van der Waals surface area contributed by atoms with Crippen molar-refractivity contribution in [3.63, 3.8) is 0 Å². The number of allylic oxidation sites excluding steroid dienone is 1. The third-order valence-electron chi connectivity index (χ3n) is 4.46. The van der Waals surface area contributed by atoms with Crippen LogP contribution in [-0.2, 0) is 6.61 Å². The van der Waals surface area contributed by atoms with Gasteiger partial charge in [-0.1, -0.05) is 29.3 Å². The van der Waals surface area contributed by atoms with E-state index in [4.69, 9.17) is 32.7 Å². The van der Waals surface area contributed by atoms with Gasteiger partial charge in [0.25, 0.3) is 5.69 Å². The first-order valence-electron chi connectivity index (χ1n) is 9.13. The molecule has 0 aliphatic carbocycles. The van der Waals surface area contributed by atoms with Crippen LogP contribution in [-0.4, -0.2) is 12.0 Å². The zero-order chi connectivity index (χ0) is 23.3. The van der Waals surface area contributed by atoms with Crippen LogP contribution < -0.4 is 9.47 Å². The van der Waals surface area contributed by atoms with E-state index in [1.165, 1.54) is 31.4 Å². The highest BCUT2D eigenvalue weighted by Crippen LogP contribution is 2.38. The van der Waals surface area contributed by atoms with E-state index in [1.807, 2.05) is 0 Å². The van der Waals surface area contributed by atoms with E-state index < -0.39 is 4.92 Å². The van der Waals surface area contributed by atoms with E-state index in [1.54, 1.807) is 36.4 Å². The number of nitrogens with zero attached hydrogens (tertiary/aromatic N) is 2. The highest BCUT2D eigenvalue weighted by Gasteiger charge is 2.14. The fraction of sp³-hybridized carbons (Fsp3) is 0.0870. The number of methoxy groups -OCH3 is 1. The van der Waals surface area contributed by atoms with Crippen LogP contribution in [0.5, 0.6) is 11.5 Å². The van der Waals surface area contributed by atoms with Gasteiger partial charge in [-0.25, -0.2) is 0 Å². The Labute approximate surface area is 202 Å². The quantitative estimate of drug-likeness (QED) is 0.137. The number of ether oxygens (including phenoxy) is 2. The van der Waals surface area contributed by atoms with Crippen LogP contribution in [0.3, 0.4) is 0 Å². The van der Waals surface area contributed by atoms with Crippen molar-refractivity contribution >= 4 is 56.5 Å². The standard InChI is InChI=1S/C23H15BrCl2N2O4/c1-31-22-10-14(8-17(12-27)15-3-6-19(7-4-15)28(29)30)9-20(24)23(22)32-13-16-2-5-18(25)11-21(16)26/h2-11H,13H2,1H3. The maximum absolute atomic E-state index is 10.8. The molecule has 32 heavy (non-hydrogen) atoms. The summed E-state index contributed by atoms with van der Waals surface area (Å²) in [5.74, 6) is 0.932. The normalized spacial score (nSPS) is 11.0. The lowest BCUT2D eigenvalue weighted by molar-refractivity contribution is -0.384. The molecular weight excluding hydrogens is 519 g/mol. The molecule has 0 radical (unpaired) electrons. The van der Waals surface area contributed by atoms with Crippen LogP contribution in [0.2, 0.25) is 10.0 Å². The van der Waals surface area contributed by atoms with Gasteiger partial charge >= 0.3 is 0 Å². The van der Waals surface area contributed by atoms with E-state index in [9.17, 15) is 15.4 Å². The van der Waals surface area contributed by atoms with Gasteiger partial charge in [-0.05, 0) is 69.5 Å². The minimum absolute atomic E-state index is 0.0438. The number of hydrogen-bond acceptors (Lipinski definition) is 5. The fourth-order valence-electron chi connectivity index (χ4n) is 2.86. The largest absolute Gasteiger partial charge is 0.493 e. The SMILES string of the molecule is COc1cc(C=C(C#N)c2ccc([N+](=O)[O-])cc2)cc(Br)c1OCc1ccc(Cl)cc1Cl. The fourth-order valence-corrected chi connectivity index (χ4v) is 3.90. The minimum Gasteiger partial charge on any atom is -0.493 e. The number of benzene rings is 3. The van der Waals surface area contributed by atoms with E-state index in [0.717, 1.165) is 5.56 Å². The Morgan fingerprint density at radius 3 is 2.50 bits per heavy atom. The van der Waals surface area contributed by atoms with Crippen molar-refractivity contribution in [1.29, 1.82) is 5.26 Å². The molecule has 0 fully saturated rings. The number of nitro groups is 1. The molecule has 0 atom stereocenters. The van der Waals surface area contributed by atoms with Gasteiger partial charge in [-0.15, -0.1) is 0 Å². The van der Waals surface area contributed by atoms with Crippen LogP contribution >= 0.6 is 39.1 Å². The van der Waals surface area contributed by atoms with Gasteiger partial charge in [0.1, 0.15) is 6.61 Å². The van der Waals surface area contributed by atoms with Crippen molar-refractivity contribution in [2.24, 2.45) is 0 Å². The van der Waals surface area contributed by atoms with Crippen LogP contribution in [0.25, 0.3) is 11.6 Å². The highest BCUT2D eigenvalue weighted by molar-refractivity contribution is 9.10. The number of halogens is 3. The Morgan fingerprint density at radius 2 is 1.91 bits per heavy atom. The highest BCUT2D eigenvalue weighted by atomic mass is 79.9. The summed E-state index contributed by atoms with van der Waals surface area (Å²) in [7, 11) is 1.51. The van der Waals surface area contributed by atoms with Crippen molar-refractivity contribution in [3.05, 3.63) is 95.9 Å². The smallest absolute Gasteiger partial charge is 0.269 e. The van der Waals surface area contributed by atoms with Crippen molar-refractivity contribution in [1.82, 2.24) is 0 Å². The van der Waals surface area contributed by atoms with E-state index in [0.29, 0.717) is 42.7 Å².